The zero-order valence-electron chi connectivity index (χ0n) is 10.9. The third-order valence-electron chi connectivity index (χ3n) is 3.30. The van der Waals surface area contributed by atoms with Gasteiger partial charge in [-0.05, 0) is 19.8 Å². The van der Waals surface area contributed by atoms with Crippen LogP contribution in [0.3, 0.4) is 0 Å². The first-order valence-corrected chi connectivity index (χ1v) is 7.16. The van der Waals surface area contributed by atoms with Crippen molar-refractivity contribution in [3.05, 3.63) is 23.0 Å². The molecule has 0 fully saturated rings. The molecule has 1 atom stereocenters. The van der Waals surface area contributed by atoms with E-state index < -0.39 is 0 Å². The summed E-state index contributed by atoms with van der Waals surface area (Å²) in [6, 6.07) is 0. The maximum absolute atomic E-state index is 11.9. The molecule has 0 bridgehead atoms. The zero-order valence-corrected chi connectivity index (χ0v) is 11.7. The number of rotatable bonds is 3. The van der Waals surface area contributed by atoms with E-state index in [4.69, 9.17) is 4.74 Å². The molecular weight excluding hydrogens is 262 g/mol. The Morgan fingerprint density at radius 1 is 1.63 bits per heavy atom. The first kappa shape index (κ1) is 12.3. The summed E-state index contributed by atoms with van der Waals surface area (Å²) in [6.45, 7) is 2.25. The van der Waals surface area contributed by atoms with E-state index in [2.05, 4.69) is 9.97 Å². The number of fused-ring (bicyclic) bond motifs is 1. The fraction of sp³-hybridized carbons (Fsp3) is 0.462. The number of esters is 1. The Labute approximate surface area is 115 Å². The number of nitrogens with zero attached hydrogens (tertiary/aromatic N) is 3. The van der Waals surface area contributed by atoms with Gasteiger partial charge in [0.05, 0.1) is 12.3 Å². The van der Waals surface area contributed by atoms with Gasteiger partial charge in [0.2, 0.25) is 0 Å². The number of hydrogen-bond donors (Lipinski definition) is 0. The largest absolute Gasteiger partial charge is 0.465 e. The molecule has 0 saturated heterocycles. The molecule has 2 aromatic heterocycles. The number of hydrogen-bond acceptors (Lipinski definition) is 5. The highest BCUT2D eigenvalue weighted by Gasteiger charge is 2.34. The van der Waals surface area contributed by atoms with Crippen molar-refractivity contribution < 1.29 is 9.53 Å². The Bertz CT molecular complexity index is 617. The van der Waals surface area contributed by atoms with Crippen molar-refractivity contribution >= 4 is 17.3 Å². The van der Waals surface area contributed by atoms with Crippen LogP contribution >= 0.6 is 11.3 Å². The molecule has 0 aromatic carbocycles. The van der Waals surface area contributed by atoms with Gasteiger partial charge in [0.15, 0.2) is 10.8 Å². The van der Waals surface area contributed by atoms with Crippen molar-refractivity contribution in [1.29, 1.82) is 0 Å². The minimum atomic E-state index is -0.194. The molecule has 0 amide bonds. The molecular formula is C13H15N3O2S. The number of aromatic nitrogens is 3. The maximum atomic E-state index is 11.9. The van der Waals surface area contributed by atoms with Gasteiger partial charge in [0.25, 0.3) is 0 Å². The van der Waals surface area contributed by atoms with Crippen LogP contribution in [-0.4, -0.2) is 27.1 Å². The first-order chi connectivity index (χ1) is 9.20. The Morgan fingerprint density at radius 2 is 2.47 bits per heavy atom. The number of thiazole rings is 1. The van der Waals surface area contributed by atoms with Crippen LogP contribution in [0.15, 0.2) is 12.4 Å². The zero-order chi connectivity index (χ0) is 13.4. The van der Waals surface area contributed by atoms with Crippen LogP contribution in [0.25, 0.3) is 10.8 Å². The summed E-state index contributed by atoms with van der Waals surface area (Å²) in [5.41, 5.74) is 0.890. The van der Waals surface area contributed by atoms with Crippen molar-refractivity contribution in [3.63, 3.8) is 0 Å². The summed E-state index contributed by atoms with van der Waals surface area (Å²) in [5, 5.41) is 0.881. The summed E-state index contributed by atoms with van der Waals surface area (Å²) < 4.78 is 7.05. The second kappa shape index (κ2) is 4.77. The molecule has 19 heavy (non-hydrogen) atoms. The third-order valence-corrected chi connectivity index (χ3v) is 4.43. The lowest BCUT2D eigenvalue weighted by atomic mass is 10.1. The molecule has 1 aliphatic carbocycles. The molecule has 6 heteroatoms. The quantitative estimate of drug-likeness (QED) is 0.807. The lowest BCUT2D eigenvalue weighted by Gasteiger charge is -2.07. The first-order valence-electron chi connectivity index (χ1n) is 6.34. The molecule has 1 aliphatic rings. The Hall–Kier alpha value is -1.69. The minimum Gasteiger partial charge on any atom is -0.465 e. The predicted molar refractivity (Wildman–Crippen MR) is 72.0 cm³/mol. The standard InChI is InChI=1S/C13H15N3O2S/c1-3-18-13(17)8-4-5-9-10(8)15-12(19-9)11-14-6-7-16(11)2/h6-8H,3-5H2,1-2H3. The number of imidazole rings is 1. The normalized spacial score (nSPS) is 17.5. The number of carbonyl (C=O) groups excluding carboxylic acids is 1. The van der Waals surface area contributed by atoms with E-state index in [1.165, 1.54) is 4.88 Å². The van der Waals surface area contributed by atoms with Gasteiger partial charge in [0, 0.05) is 24.3 Å². The van der Waals surface area contributed by atoms with Crippen LogP contribution in [0, 0.1) is 0 Å². The second-order valence-corrected chi connectivity index (χ2v) is 5.62. The molecule has 5 nitrogen and oxygen atoms in total. The van der Waals surface area contributed by atoms with Crippen LogP contribution in [0.1, 0.15) is 29.8 Å². The molecule has 1 unspecified atom stereocenters. The van der Waals surface area contributed by atoms with Gasteiger partial charge >= 0.3 is 5.97 Å². The summed E-state index contributed by atoms with van der Waals surface area (Å²) >= 11 is 1.63. The highest BCUT2D eigenvalue weighted by Crippen LogP contribution is 2.39. The topological polar surface area (TPSA) is 57.0 Å². The summed E-state index contributed by atoms with van der Waals surface area (Å²) in [4.78, 5) is 22.0. The molecule has 0 aliphatic heterocycles. The summed E-state index contributed by atoms with van der Waals surface area (Å²) in [7, 11) is 1.94. The fourth-order valence-electron chi connectivity index (χ4n) is 2.37. The van der Waals surface area contributed by atoms with E-state index in [0.29, 0.717) is 6.61 Å². The molecule has 0 radical (unpaired) electrons. The van der Waals surface area contributed by atoms with Crippen LogP contribution in [0.2, 0.25) is 0 Å². The van der Waals surface area contributed by atoms with Crippen LogP contribution in [0.5, 0.6) is 0 Å². The van der Waals surface area contributed by atoms with Gasteiger partial charge in [-0.25, -0.2) is 9.97 Å². The lowest BCUT2D eigenvalue weighted by Crippen LogP contribution is -2.14. The highest BCUT2D eigenvalue weighted by molar-refractivity contribution is 7.15. The summed E-state index contributed by atoms with van der Waals surface area (Å²) in [5.74, 6) is 0.500. The second-order valence-electron chi connectivity index (χ2n) is 4.53. The molecule has 2 aromatic rings. The van der Waals surface area contributed by atoms with E-state index in [1.807, 2.05) is 24.7 Å². The van der Waals surface area contributed by atoms with E-state index in [9.17, 15) is 4.79 Å². The average molecular weight is 277 g/mol. The summed E-state index contributed by atoms with van der Waals surface area (Å²) in [6.07, 6.45) is 5.37. The smallest absolute Gasteiger partial charge is 0.315 e. The van der Waals surface area contributed by atoms with E-state index in [1.54, 1.807) is 17.5 Å². The molecule has 100 valence electrons. The Morgan fingerprint density at radius 3 is 3.16 bits per heavy atom. The van der Waals surface area contributed by atoms with Crippen molar-refractivity contribution in [1.82, 2.24) is 14.5 Å². The third kappa shape index (κ3) is 2.06. The molecule has 0 spiro atoms. The van der Waals surface area contributed by atoms with Gasteiger partial charge in [-0.2, -0.15) is 0 Å². The van der Waals surface area contributed by atoms with Gasteiger partial charge < -0.3 is 9.30 Å². The molecule has 3 rings (SSSR count). The molecule has 0 N–H and O–H groups in total. The van der Waals surface area contributed by atoms with Gasteiger partial charge in [-0.3, -0.25) is 4.79 Å². The maximum Gasteiger partial charge on any atom is 0.315 e. The SMILES string of the molecule is CCOC(=O)C1CCc2sc(-c3nccn3C)nc21. The van der Waals surface area contributed by atoms with E-state index >= 15 is 0 Å². The number of ether oxygens (including phenoxy) is 1. The fourth-order valence-corrected chi connectivity index (χ4v) is 3.54. The van der Waals surface area contributed by atoms with Gasteiger partial charge in [-0.15, -0.1) is 11.3 Å². The molecule has 2 heterocycles. The van der Waals surface area contributed by atoms with Crippen LogP contribution in [-0.2, 0) is 23.0 Å². The van der Waals surface area contributed by atoms with E-state index in [-0.39, 0.29) is 11.9 Å². The Balaban J connectivity index is 1.93. The van der Waals surface area contributed by atoms with Crippen molar-refractivity contribution in [2.45, 2.75) is 25.7 Å². The average Bonchev–Trinajstić information content (AvgIpc) is 3.02. The van der Waals surface area contributed by atoms with E-state index in [0.717, 1.165) is 29.4 Å². The number of aryl methyl sites for hydroxylation is 2. The Kier molecular flexibility index (Phi) is 3.10. The lowest BCUT2D eigenvalue weighted by molar-refractivity contribution is -0.145. The van der Waals surface area contributed by atoms with Gasteiger partial charge in [-0.1, -0.05) is 0 Å². The monoisotopic (exact) mass is 277 g/mol. The van der Waals surface area contributed by atoms with Crippen molar-refractivity contribution in [3.8, 4) is 10.8 Å². The van der Waals surface area contributed by atoms with Crippen molar-refractivity contribution in [2.24, 2.45) is 7.05 Å². The highest BCUT2D eigenvalue weighted by atomic mass is 32.1. The van der Waals surface area contributed by atoms with Gasteiger partial charge in [0.1, 0.15) is 5.92 Å². The van der Waals surface area contributed by atoms with Crippen molar-refractivity contribution in [2.75, 3.05) is 6.61 Å². The molecule has 0 saturated carbocycles. The van der Waals surface area contributed by atoms with Crippen LogP contribution in [0.4, 0.5) is 0 Å². The number of carbonyl (C=O) groups is 1. The minimum absolute atomic E-state index is 0.155. The van der Waals surface area contributed by atoms with Crippen LogP contribution < -0.4 is 0 Å². The predicted octanol–water partition coefficient (Wildman–Crippen LogP) is 2.14.